The van der Waals surface area contributed by atoms with Crippen LogP contribution < -0.4 is 16.3 Å². The quantitative estimate of drug-likeness (QED) is 0.124. The van der Waals surface area contributed by atoms with Crippen LogP contribution in [0.5, 0.6) is 0 Å². The van der Waals surface area contributed by atoms with Crippen molar-refractivity contribution in [1.82, 2.24) is 0 Å². The molecule has 1 saturated carbocycles. The molecule has 4 rings (SSSR count). The van der Waals surface area contributed by atoms with Gasteiger partial charge in [-0.1, -0.05) is 34.6 Å². The summed E-state index contributed by atoms with van der Waals surface area (Å²) in [7, 11) is -2.46. The molecule has 45 heavy (non-hydrogen) atoms. The molecule has 15 heteroatoms. The maximum Gasteiger partial charge on any atom is 2.00 e. The van der Waals surface area contributed by atoms with Crippen LogP contribution in [-0.2, 0) is 41.8 Å². The molecule has 1 nitrogen and oxygen atoms in total. The van der Waals surface area contributed by atoms with Crippen LogP contribution in [0.2, 0.25) is 0 Å². The molecule has 250 valence electrons. The van der Waals surface area contributed by atoms with Gasteiger partial charge in [-0.2, -0.15) is 95.5 Å². The first-order chi connectivity index (χ1) is 20.1. The van der Waals surface area contributed by atoms with Crippen molar-refractivity contribution < 1.29 is 69.8 Å². The van der Waals surface area contributed by atoms with Gasteiger partial charge in [0.15, 0.2) is 0 Å². The summed E-state index contributed by atoms with van der Waals surface area (Å²) in [4.78, 5) is 0. The van der Waals surface area contributed by atoms with E-state index in [-0.39, 0.29) is 35.6 Å². The van der Waals surface area contributed by atoms with E-state index in [0.29, 0.717) is 43.1 Å². The minimum absolute atomic E-state index is 0. The minimum Gasteiger partial charge on any atom is -0.328 e. The molecule has 1 aliphatic carbocycles. The molecule has 0 heterocycles. The Kier molecular flexibility index (Phi) is 15.0. The van der Waals surface area contributed by atoms with E-state index >= 15 is 0 Å². The molecule has 3 aromatic rings. The van der Waals surface area contributed by atoms with E-state index in [1.807, 2.05) is 44.2 Å². The number of nitrogens with two attached hydrogens (primary N) is 1. The van der Waals surface area contributed by atoms with Crippen molar-refractivity contribution in [2.24, 2.45) is 5.73 Å². The predicted octanol–water partition coefficient (Wildman–Crippen LogP) is 9.79. The fraction of sp³-hybridized carbons (Fsp3) is 0.367. The van der Waals surface area contributed by atoms with Gasteiger partial charge in [0.25, 0.3) is 0 Å². The molecule has 0 radical (unpaired) electrons. The van der Waals surface area contributed by atoms with Crippen molar-refractivity contribution in [3.05, 3.63) is 101 Å². The van der Waals surface area contributed by atoms with E-state index in [1.54, 1.807) is 0 Å². The van der Waals surface area contributed by atoms with Crippen LogP contribution in [0, 0.1) is 12.5 Å². The van der Waals surface area contributed by atoms with E-state index in [4.69, 9.17) is 5.73 Å². The van der Waals surface area contributed by atoms with Crippen LogP contribution in [-0.4, -0.2) is 11.7 Å². The third-order valence-electron chi connectivity index (χ3n) is 5.78. The number of hydrogen-bond donors (Lipinski definition) is 1. The second-order valence-electron chi connectivity index (χ2n) is 9.95. The number of halogens is 12. The average Bonchev–Trinajstić information content (AvgIpc) is 3.42. The fourth-order valence-corrected chi connectivity index (χ4v) is 7.00. The molecular formula is C30H28F12FeNP. The largest absolute Gasteiger partial charge is 2.00 e. The Morgan fingerprint density at radius 1 is 0.667 bits per heavy atom. The van der Waals surface area contributed by atoms with Gasteiger partial charge in [-0.05, 0) is 53.0 Å². The van der Waals surface area contributed by atoms with Crippen LogP contribution in [0.4, 0.5) is 52.7 Å². The van der Waals surface area contributed by atoms with Crippen molar-refractivity contribution in [3.8, 4) is 0 Å². The Balaban J connectivity index is 0.000000787. The Labute approximate surface area is 264 Å². The molecule has 0 spiro atoms. The third-order valence-corrected chi connectivity index (χ3v) is 8.54. The van der Waals surface area contributed by atoms with E-state index in [1.165, 1.54) is 6.42 Å². The number of benzene rings is 3. The first-order valence-corrected chi connectivity index (χ1v) is 14.4. The van der Waals surface area contributed by atoms with E-state index < -0.39 is 71.1 Å². The Bertz CT molecular complexity index is 1140. The van der Waals surface area contributed by atoms with Gasteiger partial charge in [0.2, 0.25) is 0 Å². The van der Waals surface area contributed by atoms with Crippen LogP contribution >= 0.6 is 7.92 Å². The van der Waals surface area contributed by atoms with Crippen molar-refractivity contribution in [1.29, 1.82) is 0 Å². The summed E-state index contributed by atoms with van der Waals surface area (Å²) in [5, 5.41) is -1.21. The molecule has 2 N–H and O–H groups in total. The fourth-order valence-electron chi connectivity index (χ4n) is 4.02. The number of hydrogen-bond acceptors (Lipinski definition) is 1. The van der Waals surface area contributed by atoms with Crippen LogP contribution in [0.3, 0.4) is 0 Å². The molecule has 0 aromatic heterocycles. The third kappa shape index (κ3) is 13.2. The maximum absolute atomic E-state index is 13.4. The van der Waals surface area contributed by atoms with E-state index in [2.05, 4.69) is 6.07 Å². The second kappa shape index (κ2) is 16.5. The molecule has 1 atom stereocenters. The molecule has 0 saturated heterocycles. The van der Waals surface area contributed by atoms with Gasteiger partial charge in [-0.3, -0.25) is 0 Å². The van der Waals surface area contributed by atoms with Crippen LogP contribution in [0.25, 0.3) is 0 Å². The average molecular weight is 717 g/mol. The Morgan fingerprint density at radius 3 is 1.20 bits per heavy atom. The topological polar surface area (TPSA) is 26.0 Å². The summed E-state index contributed by atoms with van der Waals surface area (Å²) < 4.78 is 160. The first kappa shape index (κ1) is 40.8. The summed E-state index contributed by atoms with van der Waals surface area (Å²) in [6.07, 6.45) is -18.3. The molecule has 1 aliphatic rings. The standard InChI is InChI=1S/C21H14F12P.C6H5.C3H9N.Fe/c22-18(23,24)11-5-12(19(25,26)27)8-16(7-11)34(15-3-1-2-4-15)17-9-13(20(28,29)30)6-14(10-17)21(31,32)33;1-2-4-6-5-3-1;1-3(2)4;/h3,5-10,15H,1-2,4H2;1-5H;3H,4H2,1-2H3;/q2*-1;;+2. The molecule has 0 bridgehead atoms. The predicted molar refractivity (Wildman–Crippen MR) is 146 cm³/mol. The summed E-state index contributed by atoms with van der Waals surface area (Å²) in [6, 6.07) is 14.1. The molecule has 0 aliphatic heterocycles. The zero-order valence-electron chi connectivity index (χ0n) is 23.6. The zero-order valence-corrected chi connectivity index (χ0v) is 25.6. The maximum atomic E-state index is 13.4. The number of rotatable bonds is 3. The summed E-state index contributed by atoms with van der Waals surface area (Å²) in [5.41, 5.74) is -2.45. The van der Waals surface area contributed by atoms with Gasteiger partial charge in [0.05, 0.1) is 22.3 Å². The van der Waals surface area contributed by atoms with Gasteiger partial charge in [-0.15, -0.1) is 5.66 Å². The van der Waals surface area contributed by atoms with Gasteiger partial charge < -0.3 is 12.2 Å². The Hall–Kier alpha value is -2.27. The van der Waals surface area contributed by atoms with E-state index in [0.717, 1.165) is 0 Å². The molecule has 1 unspecified atom stereocenters. The van der Waals surface area contributed by atoms with Gasteiger partial charge >= 0.3 is 41.8 Å². The van der Waals surface area contributed by atoms with Crippen molar-refractivity contribution in [3.63, 3.8) is 0 Å². The normalized spacial score (nSPS) is 15.5. The molecule has 1 fully saturated rings. The van der Waals surface area contributed by atoms with Crippen LogP contribution in [0.1, 0.15) is 55.4 Å². The minimum atomic E-state index is -5.22. The van der Waals surface area contributed by atoms with Gasteiger partial charge in [0, 0.05) is 0 Å². The monoisotopic (exact) mass is 717 g/mol. The summed E-state index contributed by atoms with van der Waals surface area (Å²) >= 11 is 0. The number of alkyl halides is 12. The first-order valence-electron chi connectivity index (χ1n) is 13.0. The smallest absolute Gasteiger partial charge is 0.328 e. The van der Waals surface area contributed by atoms with E-state index in [9.17, 15) is 52.7 Å². The Morgan fingerprint density at radius 2 is 1.00 bits per heavy atom. The van der Waals surface area contributed by atoms with Crippen molar-refractivity contribution in [2.45, 2.75) is 69.5 Å². The summed E-state index contributed by atoms with van der Waals surface area (Å²) in [5.74, 6) is 0. The molecular weight excluding hydrogens is 689 g/mol. The zero-order chi connectivity index (χ0) is 33.5. The summed E-state index contributed by atoms with van der Waals surface area (Å²) in [6.45, 7) is 3.89. The molecule has 0 amide bonds. The molecule has 3 aromatic carbocycles. The van der Waals surface area contributed by atoms with Gasteiger partial charge in [0.1, 0.15) is 0 Å². The van der Waals surface area contributed by atoms with Crippen molar-refractivity contribution >= 4 is 18.5 Å². The second-order valence-corrected chi connectivity index (χ2v) is 12.4. The van der Waals surface area contributed by atoms with Crippen LogP contribution in [0.15, 0.2) is 66.7 Å². The SMILES string of the molecule is CC(C)N.FC(F)(F)c1cc(P(c2cc(C(F)(F)F)cc(C(F)(F)F)c2)C2[CH-]CCC2)cc(C(F)(F)F)c1.[Fe+2].[c-]1ccccc1. The van der Waals surface area contributed by atoms with Crippen molar-refractivity contribution in [2.75, 3.05) is 0 Å². The van der Waals surface area contributed by atoms with Gasteiger partial charge in [-0.25, -0.2) is 0 Å².